The van der Waals surface area contributed by atoms with Gasteiger partial charge in [0.1, 0.15) is 23.9 Å². The van der Waals surface area contributed by atoms with E-state index in [1.54, 1.807) is 49.5 Å². The first-order valence-electron chi connectivity index (χ1n) is 15.6. The molecule has 44 heavy (non-hydrogen) atoms. The summed E-state index contributed by atoms with van der Waals surface area (Å²) in [6.45, 7) is 3.19. The van der Waals surface area contributed by atoms with Gasteiger partial charge in [-0.25, -0.2) is 0 Å². The van der Waals surface area contributed by atoms with Gasteiger partial charge in [-0.3, -0.25) is 14.4 Å². The zero-order valence-corrected chi connectivity index (χ0v) is 26.5. The average Bonchev–Trinajstić information content (AvgIpc) is 3.71. The molecule has 0 bridgehead atoms. The molecule has 2 aliphatic carbocycles. The van der Waals surface area contributed by atoms with E-state index in [1.165, 1.54) is 0 Å². The largest absolute Gasteiger partial charge is 0.508 e. The molecular weight excluding hydrogens is 584 g/mol. The van der Waals surface area contributed by atoms with Gasteiger partial charge in [0.05, 0.1) is 31.6 Å². The number of phenols is 1. The molecule has 10 heteroatoms. The number of hydrogen-bond donors (Lipinski definition) is 1. The molecule has 1 N–H and O–H groups in total. The third-order valence-electron chi connectivity index (χ3n) is 10.5. The average molecular weight is 625 g/mol. The van der Waals surface area contributed by atoms with Crippen molar-refractivity contribution in [3.05, 3.63) is 52.0 Å². The van der Waals surface area contributed by atoms with Crippen molar-refractivity contribution < 1.29 is 33.7 Å². The minimum absolute atomic E-state index is 0.00735. The van der Waals surface area contributed by atoms with Gasteiger partial charge < -0.3 is 29.1 Å². The van der Waals surface area contributed by atoms with Crippen LogP contribution in [0.5, 0.6) is 17.2 Å². The molecule has 2 aromatic rings. The Labute approximate surface area is 263 Å². The van der Waals surface area contributed by atoms with Crippen LogP contribution in [-0.4, -0.2) is 66.5 Å². The summed E-state index contributed by atoms with van der Waals surface area (Å²) in [7, 11) is 3.12. The third kappa shape index (κ3) is 5.48. The van der Waals surface area contributed by atoms with Gasteiger partial charge in [0.2, 0.25) is 11.8 Å². The minimum atomic E-state index is -1.03. The number of nitrogens with zero attached hydrogens (tertiary/aromatic N) is 2. The van der Waals surface area contributed by atoms with Crippen molar-refractivity contribution in [3.8, 4) is 17.2 Å². The number of aromatic hydroxyl groups is 1. The highest BCUT2D eigenvalue weighted by molar-refractivity contribution is 6.31. The maximum absolute atomic E-state index is 14.6. The molecule has 3 atom stereocenters. The second kappa shape index (κ2) is 11.8. The Kier molecular flexibility index (Phi) is 8.20. The predicted octanol–water partition coefficient (Wildman–Crippen LogP) is 5.44. The van der Waals surface area contributed by atoms with E-state index in [-0.39, 0.29) is 29.6 Å². The van der Waals surface area contributed by atoms with Crippen LogP contribution in [0.1, 0.15) is 74.6 Å². The monoisotopic (exact) mass is 624 g/mol. The molecule has 2 heterocycles. The van der Waals surface area contributed by atoms with Gasteiger partial charge in [0.15, 0.2) is 0 Å². The SMILES string of the molecule is COc1ccc(COC(=O)[C@@]2(C)CCCC[C@H]2C(=O)N2CCc3c(Cl)ccc(O)c3[C@H]2CN2CC3(CC3)CC2=O)c(OC)c1. The number of ether oxygens (including phenoxy) is 3. The van der Waals surface area contributed by atoms with Gasteiger partial charge in [0.25, 0.3) is 0 Å². The van der Waals surface area contributed by atoms with Crippen LogP contribution in [0.15, 0.2) is 30.3 Å². The Morgan fingerprint density at radius 3 is 2.59 bits per heavy atom. The lowest BCUT2D eigenvalue weighted by atomic mass is 9.66. The molecular formula is C34H41ClN2O7. The molecule has 4 aliphatic rings. The summed E-state index contributed by atoms with van der Waals surface area (Å²) in [5, 5.41) is 11.6. The van der Waals surface area contributed by atoms with Crippen LogP contribution in [-0.2, 0) is 32.1 Å². The lowest BCUT2D eigenvalue weighted by Gasteiger charge is -2.45. The second-order valence-corrected chi connectivity index (χ2v) is 13.6. The Hall–Kier alpha value is -3.46. The van der Waals surface area contributed by atoms with Crippen molar-refractivity contribution in [1.29, 1.82) is 0 Å². The van der Waals surface area contributed by atoms with Gasteiger partial charge >= 0.3 is 5.97 Å². The molecule has 0 radical (unpaired) electrons. The summed E-state index contributed by atoms with van der Waals surface area (Å²) < 4.78 is 16.6. The second-order valence-electron chi connectivity index (χ2n) is 13.2. The summed E-state index contributed by atoms with van der Waals surface area (Å²) in [6.07, 6.45) is 5.82. The summed E-state index contributed by atoms with van der Waals surface area (Å²) in [5.74, 6) is 0.178. The van der Waals surface area contributed by atoms with Gasteiger partial charge in [-0.2, -0.15) is 0 Å². The quantitative estimate of drug-likeness (QED) is 0.390. The van der Waals surface area contributed by atoms with Gasteiger partial charge in [-0.05, 0) is 74.3 Å². The van der Waals surface area contributed by atoms with Crippen molar-refractivity contribution in [2.75, 3.05) is 33.9 Å². The first kappa shape index (κ1) is 30.6. The van der Waals surface area contributed by atoms with E-state index in [4.69, 9.17) is 25.8 Å². The molecule has 1 saturated heterocycles. The van der Waals surface area contributed by atoms with E-state index in [1.807, 2.05) is 11.8 Å². The molecule has 0 aromatic heterocycles. The third-order valence-corrected chi connectivity index (χ3v) is 10.8. The first-order chi connectivity index (χ1) is 21.1. The van der Waals surface area contributed by atoms with Crippen LogP contribution in [0.4, 0.5) is 0 Å². The minimum Gasteiger partial charge on any atom is -0.508 e. The smallest absolute Gasteiger partial charge is 0.312 e. The van der Waals surface area contributed by atoms with Gasteiger partial charge in [-0.15, -0.1) is 0 Å². The zero-order chi connectivity index (χ0) is 31.2. The number of fused-ring (bicyclic) bond motifs is 1. The first-order valence-corrected chi connectivity index (χ1v) is 15.9. The molecule has 1 spiro atoms. The van der Waals surface area contributed by atoms with Crippen molar-refractivity contribution in [1.82, 2.24) is 9.80 Å². The van der Waals surface area contributed by atoms with Crippen LogP contribution in [0.3, 0.4) is 0 Å². The fourth-order valence-corrected chi connectivity index (χ4v) is 7.83. The number of rotatable bonds is 8. The highest BCUT2D eigenvalue weighted by Gasteiger charge is 2.54. The number of methoxy groups -OCH3 is 2. The van der Waals surface area contributed by atoms with Crippen LogP contribution in [0.2, 0.25) is 5.02 Å². The van der Waals surface area contributed by atoms with E-state index in [0.717, 1.165) is 31.2 Å². The number of halogens is 1. The van der Waals surface area contributed by atoms with Crippen molar-refractivity contribution in [3.63, 3.8) is 0 Å². The lowest BCUT2D eigenvalue weighted by Crippen LogP contribution is -2.53. The molecule has 3 fully saturated rings. The van der Waals surface area contributed by atoms with Gasteiger partial charge in [-0.1, -0.05) is 24.4 Å². The summed E-state index contributed by atoms with van der Waals surface area (Å²) >= 11 is 6.59. The summed E-state index contributed by atoms with van der Waals surface area (Å²) in [5.41, 5.74) is 1.16. The van der Waals surface area contributed by atoms with Crippen molar-refractivity contribution >= 4 is 29.4 Å². The van der Waals surface area contributed by atoms with E-state index >= 15 is 0 Å². The molecule has 2 amide bonds. The number of benzene rings is 2. The van der Waals surface area contributed by atoms with E-state index in [2.05, 4.69) is 0 Å². The van der Waals surface area contributed by atoms with Crippen molar-refractivity contribution in [2.45, 2.75) is 70.9 Å². The molecule has 2 saturated carbocycles. The molecule has 236 valence electrons. The Morgan fingerprint density at radius 2 is 1.89 bits per heavy atom. The fourth-order valence-electron chi connectivity index (χ4n) is 7.57. The number of carbonyl (C=O) groups is 3. The van der Waals surface area contributed by atoms with E-state index in [9.17, 15) is 19.5 Å². The van der Waals surface area contributed by atoms with Crippen LogP contribution in [0, 0.1) is 16.7 Å². The Balaban J connectivity index is 1.26. The van der Waals surface area contributed by atoms with Crippen LogP contribution >= 0.6 is 11.6 Å². The highest BCUT2D eigenvalue weighted by atomic mass is 35.5. The Morgan fingerprint density at radius 1 is 1.09 bits per heavy atom. The zero-order valence-electron chi connectivity index (χ0n) is 25.7. The number of likely N-dealkylation sites (tertiary alicyclic amines) is 1. The van der Waals surface area contributed by atoms with Crippen molar-refractivity contribution in [2.24, 2.45) is 16.7 Å². The number of hydrogen-bond acceptors (Lipinski definition) is 7. The highest BCUT2D eigenvalue weighted by Crippen LogP contribution is 2.54. The van der Waals surface area contributed by atoms with Crippen LogP contribution in [0.25, 0.3) is 0 Å². The number of esters is 1. The normalized spacial score (nSPS) is 25.5. The van der Waals surface area contributed by atoms with Crippen LogP contribution < -0.4 is 9.47 Å². The van der Waals surface area contributed by atoms with E-state index < -0.39 is 23.3 Å². The van der Waals surface area contributed by atoms with E-state index in [0.29, 0.717) is 73.0 Å². The Bertz CT molecular complexity index is 1470. The summed E-state index contributed by atoms with van der Waals surface area (Å²) in [4.78, 5) is 45.1. The topological polar surface area (TPSA) is 106 Å². The number of amides is 2. The standard InChI is InChI=1S/C34H41ClN2O7/c1-33(32(41)44-19-21-7-8-22(42-2)16-28(21)43-3)12-5-4-6-24(33)31(40)37-15-11-23-25(35)9-10-27(38)30(23)26(37)18-36-20-34(13-14-34)17-29(36)39/h7-10,16,24,26,38H,4-6,11-15,17-20H2,1-3H3/t24-,26+,33-/m0/s1. The molecule has 2 aliphatic heterocycles. The fraction of sp³-hybridized carbons (Fsp3) is 0.559. The van der Waals surface area contributed by atoms with Gasteiger partial charge in [0, 0.05) is 48.3 Å². The maximum atomic E-state index is 14.6. The summed E-state index contributed by atoms with van der Waals surface area (Å²) in [6, 6.07) is 8.00. The molecule has 0 unspecified atom stereocenters. The maximum Gasteiger partial charge on any atom is 0.312 e. The number of phenolic OH excluding ortho intramolecular Hbond substituents is 1. The molecule has 2 aromatic carbocycles. The lowest BCUT2D eigenvalue weighted by molar-refractivity contribution is -0.169. The molecule has 9 nitrogen and oxygen atoms in total. The molecule has 6 rings (SSSR count). The number of carbonyl (C=O) groups excluding carboxylic acids is 3. The predicted molar refractivity (Wildman–Crippen MR) is 164 cm³/mol.